The number of carbonyl (C=O) groups is 1. The van der Waals surface area contributed by atoms with Gasteiger partial charge >= 0.3 is 12.2 Å². The molecule has 35 heavy (non-hydrogen) atoms. The van der Waals surface area contributed by atoms with Crippen molar-refractivity contribution >= 4 is 23.5 Å². The predicted octanol–water partition coefficient (Wildman–Crippen LogP) is 4.88. The van der Waals surface area contributed by atoms with Gasteiger partial charge in [-0.3, -0.25) is 5.32 Å². The number of carbonyl (C=O) groups excluding carboxylic acids is 1. The molecule has 2 aromatic heterocycles. The fourth-order valence-electron chi connectivity index (χ4n) is 4.83. The highest BCUT2D eigenvalue weighted by molar-refractivity contribution is 5.90. The minimum atomic E-state index is -4.17. The van der Waals surface area contributed by atoms with E-state index in [1.807, 2.05) is 17.9 Å². The summed E-state index contributed by atoms with van der Waals surface area (Å²) >= 11 is 0. The number of aromatic nitrogens is 3. The molecule has 0 aliphatic carbocycles. The van der Waals surface area contributed by atoms with E-state index in [0.29, 0.717) is 36.0 Å². The lowest BCUT2D eigenvalue weighted by atomic mass is 9.97. The molecule has 11 heteroatoms. The maximum atomic E-state index is 13.1. The van der Waals surface area contributed by atoms with Gasteiger partial charge in [0, 0.05) is 42.7 Å². The second-order valence-corrected chi connectivity index (χ2v) is 9.03. The molecule has 8 nitrogen and oxygen atoms in total. The van der Waals surface area contributed by atoms with Crippen molar-refractivity contribution in [2.45, 2.75) is 70.3 Å². The van der Waals surface area contributed by atoms with Crippen LogP contribution in [0.3, 0.4) is 0 Å². The van der Waals surface area contributed by atoms with Gasteiger partial charge in [-0.15, -0.1) is 5.10 Å². The number of oxazole rings is 1. The third kappa shape index (κ3) is 6.08. The number of aryl methyl sites for hydroxylation is 2. The standard InChI is InChI=1S/C24H29F3N6O2/c1-4-16(21-13-29-15(3)35-21)9-17-10-22(32-31-14(17)2)30-23(34)33-19-5-6-20(33)12-18(11-19)28-8-7-24(25,26)27/h4,9-10,13,18-20,28H,1,5-8,11-12H2,2-3H3,(H,30,32,34)/b16-9+/t18?,19-,20+. The van der Waals surface area contributed by atoms with Gasteiger partial charge < -0.3 is 14.6 Å². The molecule has 0 radical (unpaired) electrons. The quantitative estimate of drug-likeness (QED) is 0.537. The summed E-state index contributed by atoms with van der Waals surface area (Å²) in [5.41, 5.74) is 2.14. The number of allylic oxidation sites excluding steroid dienone is 2. The lowest BCUT2D eigenvalue weighted by molar-refractivity contribution is -0.133. The van der Waals surface area contributed by atoms with Crippen molar-refractivity contribution in [2.24, 2.45) is 0 Å². The first kappa shape index (κ1) is 24.9. The first-order chi connectivity index (χ1) is 16.6. The molecule has 3 atom stereocenters. The number of fused-ring (bicyclic) bond motifs is 2. The Balaban J connectivity index is 1.42. The average molecular weight is 491 g/mol. The van der Waals surface area contributed by atoms with E-state index in [1.54, 1.807) is 25.3 Å². The van der Waals surface area contributed by atoms with E-state index in [1.165, 1.54) is 0 Å². The highest BCUT2D eigenvalue weighted by Gasteiger charge is 2.43. The molecule has 0 saturated carbocycles. The van der Waals surface area contributed by atoms with E-state index in [9.17, 15) is 18.0 Å². The van der Waals surface area contributed by atoms with Gasteiger partial charge in [0.2, 0.25) is 0 Å². The van der Waals surface area contributed by atoms with Crippen LogP contribution in [-0.2, 0) is 0 Å². The second kappa shape index (κ2) is 10.2. The summed E-state index contributed by atoms with van der Waals surface area (Å²) in [6, 6.07) is 1.41. The Kier molecular flexibility index (Phi) is 7.25. The smallest absolute Gasteiger partial charge is 0.390 e. The molecule has 2 amide bonds. The monoisotopic (exact) mass is 490 g/mol. The molecular formula is C24H29F3N6O2. The topological polar surface area (TPSA) is 96.2 Å². The van der Waals surface area contributed by atoms with E-state index < -0.39 is 12.6 Å². The van der Waals surface area contributed by atoms with Gasteiger partial charge in [-0.1, -0.05) is 12.7 Å². The van der Waals surface area contributed by atoms with Gasteiger partial charge in [0.05, 0.1) is 18.3 Å². The second-order valence-electron chi connectivity index (χ2n) is 9.03. The maximum absolute atomic E-state index is 13.1. The van der Waals surface area contributed by atoms with Crippen molar-refractivity contribution < 1.29 is 22.4 Å². The Hall–Kier alpha value is -3.21. The van der Waals surface area contributed by atoms with Crippen molar-refractivity contribution in [3.63, 3.8) is 0 Å². The summed E-state index contributed by atoms with van der Waals surface area (Å²) in [6.07, 6.45) is 3.03. The highest BCUT2D eigenvalue weighted by Crippen LogP contribution is 2.36. The Bertz CT molecular complexity index is 1100. The molecule has 2 N–H and O–H groups in total. The van der Waals surface area contributed by atoms with Crippen molar-refractivity contribution in [3.05, 3.63) is 47.8 Å². The number of amides is 2. The van der Waals surface area contributed by atoms with Crippen LogP contribution in [0.2, 0.25) is 0 Å². The lowest BCUT2D eigenvalue weighted by Gasteiger charge is -2.39. The van der Waals surface area contributed by atoms with Crippen LogP contribution in [0.4, 0.5) is 23.8 Å². The molecule has 4 rings (SSSR count). The van der Waals surface area contributed by atoms with Crippen LogP contribution in [0, 0.1) is 13.8 Å². The predicted molar refractivity (Wildman–Crippen MR) is 125 cm³/mol. The van der Waals surface area contributed by atoms with Gasteiger partial charge in [-0.25, -0.2) is 9.78 Å². The number of piperidine rings is 1. The third-order valence-electron chi connectivity index (χ3n) is 6.50. The minimum Gasteiger partial charge on any atom is -0.441 e. The van der Waals surface area contributed by atoms with E-state index in [2.05, 4.69) is 32.4 Å². The molecule has 2 aliphatic rings. The fraction of sp³-hybridized carbons (Fsp3) is 0.500. The van der Waals surface area contributed by atoms with Crippen LogP contribution in [0.25, 0.3) is 11.6 Å². The van der Waals surface area contributed by atoms with Crippen LogP contribution in [0.5, 0.6) is 0 Å². The van der Waals surface area contributed by atoms with Crippen LogP contribution in [0.1, 0.15) is 55.0 Å². The number of anilines is 1. The molecular weight excluding hydrogens is 461 g/mol. The normalized spacial score (nSPS) is 22.4. The van der Waals surface area contributed by atoms with E-state index in [4.69, 9.17) is 4.42 Å². The van der Waals surface area contributed by atoms with Gasteiger partial charge in [-0.2, -0.15) is 18.3 Å². The Morgan fingerprint density at radius 1 is 1.26 bits per heavy atom. The van der Waals surface area contributed by atoms with Crippen molar-refractivity contribution in [2.75, 3.05) is 11.9 Å². The number of nitrogens with zero attached hydrogens (tertiary/aromatic N) is 4. The zero-order chi connectivity index (χ0) is 25.2. The number of rotatable bonds is 7. The Morgan fingerprint density at radius 2 is 1.97 bits per heavy atom. The first-order valence-corrected chi connectivity index (χ1v) is 11.6. The lowest BCUT2D eigenvalue weighted by Crippen LogP contribution is -2.53. The molecule has 188 valence electrons. The van der Waals surface area contributed by atoms with Gasteiger partial charge in [0.1, 0.15) is 0 Å². The van der Waals surface area contributed by atoms with Crippen molar-refractivity contribution in [3.8, 4) is 0 Å². The average Bonchev–Trinajstić information content (AvgIpc) is 3.33. The number of nitrogens with one attached hydrogen (secondary N) is 2. The summed E-state index contributed by atoms with van der Waals surface area (Å²) in [7, 11) is 0. The molecule has 2 bridgehead atoms. The molecule has 2 saturated heterocycles. The molecule has 2 aliphatic heterocycles. The molecule has 2 fully saturated rings. The first-order valence-electron chi connectivity index (χ1n) is 11.6. The highest BCUT2D eigenvalue weighted by atomic mass is 19.4. The van der Waals surface area contributed by atoms with Gasteiger partial charge in [-0.05, 0) is 44.7 Å². The van der Waals surface area contributed by atoms with Crippen molar-refractivity contribution in [1.82, 2.24) is 25.4 Å². The fourth-order valence-corrected chi connectivity index (χ4v) is 4.83. The molecule has 0 aromatic carbocycles. The summed E-state index contributed by atoms with van der Waals surface area (Å²) in [6.45, 7) is 7.30. The third-order valence-corrected chi connectivity index (χ3v) is 6.50. The minimum absolute atomic E-state index is 0.0167. The largest absolute Gasteiger partial charge is 0.441 e. The maximum Gasteiger partial charge on any atom is 0.390 e. The number of urea groups is 1. The van der Waals surface area contributed by atoms with Gasteiger partial charge in [0.15, 0.2) is 17.5 Å². The van der Waals surface area contributed by atoms with E-state index in [-0.39, 0.29) is 30.7 Å². The SMILES string of the molecule is C=C/C(=C\c1cc(NC(=O)N2[C@@H]3CC[C@H]2CC(NCCC(F)(F)F)C3)nnc1C)c1cnc(C)o1. The number of hydrogen-bond donors (Lipinski definition) is 2. The van der Waals surface area contributed by atoms with Crippen LogP contribution in [0.15, 0.2) is 29.3 Å². The Labute approximate surface area is 201 Å². The Morgan fingerprint density at radius 3 is 2.57 bits per heavy atom. The molecule has 0 spiro atoms. The van der Waals surface area contributed by atoms with Crippen LogP contribution < -0.4 is 10.6 Å². The molecule has 1 unspecified atom stereocenters. The van der Waals surface area contributed by atoms with Crippen molar-refractivity contribution in [1.29, 1.82) is 0 Å². The number of hydrogen-bond acceptors (Lipinski definition) is 6. The zero-order valence-corrected chi connectivity index (χ0v) is 19.7. The van der Waals surface area contributed by atoms with Crippen LogP contribution >= 0.6 is 0 Å². The number of alkyl halides is 3. The zero-order valence-electron chi connectivity index (χ0n) is 19.7. The number of halogens is 3. The van der Waals surface area contributed by atoms with Crippen LogP contribution in [-0.4, -0.2) is 57.0 Å². The van der Waals surface area contributed by atoms with E-state index in [0.717, 1.165) is 24.0 Å². The van der Waals surface area contributed by atoms with E-state index >= 15 is 0 Å². The summed E-state index contributed by atoms with van der Waals surface area (Å²) < 4.78 is 42.9. The van der Waals surface area contributed by atoms with Gasteiger partial charge in [0.25, 0.3) is 0 Å². The summed E-state index contributed by atoms with van der Waals surface area (Å²) in [5, 5.41) is 14.1. The summed E-state index contributed by atoms with van der Waals surface area (Å²) in [4.78, 5) is 19.0. The molecule has 4 heterocycles. The molecule has 2 aromatic rings. The summed E-state index contributed by atoms with van der Waals surface area (Å²) in [5.74, 6) is 1.43.